The normalized spacial score (nSPS) is 11.8. The zero-order valence-corrected chi connectivity index (χ0v) is 11.5. The summed E-state index contributed by atoms with van der Waals surface area (Å²) >= 11 is 0. The van der Waals surface area contributed by atoms with Crippen LogP contribution in [0.3, 0.4) is 0 Å². The number of ether oxygens (including phenoxy) is 1. The van der Waals surface area contributed by atoms with Gasteiger partial charge in [-0.1, -0.05) is 13.3 Å². The minimum absolute atomic E-state index is 0.0235. The summed E-state index contributed by atoms with van der Waals surface area (Å²) in [6.45, 7) is 1.90. The molecule has 1 rings (SSSR count). The predicted molar refractivity (Wildman–Crippen MR) is 71.3 cm³/mol. The van der Waals surface area contributed by atoms with Crippen LogP contribution in [0.4, 0.5) is 4.39 Å². The van der Waals surface area contributed by atoms with Gasteiger partial charge in [0.15, 0.2) is 11.6 Å². The van der Waals surface area contributed by atoms with Gasteiger partial charge in [0, 0.05) is 12.1 Å². The molecule has 0 bridgehead atoms. The number of carboxylic acids is 1. The number of carboxylic acid groups (broad SMARTS) is 1. The van der Waals surface area contributed by atoms with Gasteiger partial charge in [-0.15, -0.1) is 0 Å². The van der Waals surface area contributed by atoms with Gasteiger partial charge in [0.1, 0.15) is 0 Å². The molecule has 0 saturated heterocycles. The fraction of sp³-hybridized carbons (Fsp3) is 0.429. The van der Waals surface area contributed by atoms with E-state index in [1.54, 1.807) is 0 Å². The molecule has 0 fully saturated rings. The molecule has 1 atom stereocenters. The van der Waals surface area contributed by atoms with Crippen LogP contribution in [0.2, 0.25) is 0 Å². The highest BCUT2D eigenvalue weighted by Crippen LogP contribution is 2.17. The number of halogens is 1. The van der Waals surface area contributed by atoms with E-state index in [1.807, 2.05) is 6.92 Å². The molecule has 0 aromatic heterocycles. The fourth-order valence-electron chi connectivity index (χ4n) is 1.79. The Hall–Kier alpha value is -2.11. The monoisotopic (exact) mass is 283 g/mol. The van der Waals surface area contributed by atoms with Gasteiger partial charge < -0.3 is 15.2 Å². The summed E-state index contributed by atoms with van der Waals surface area (Å²) in [6.07, 6.45) is 1.19. The van der Waals surface area contributed by atoms with E-state index in [0.717, 1.165) is 6.07 Å². The molecule has 1 amide bonds. The van der Waals surface area contributed by atoms with Gasteiger partial charge in [0.25, 0.3) is 5.91 Å². The summed E-state index contributed by atoms with van der Waals surface area (Å²) in [5.74, 6) is -2.67. The predicted octanol–water partition coefficient (Wildman–Crippen LogP) is 2.06. The molecule has 1 aromatic carbocycles. The molecular formula is C14H18FNO4. The van der Waals surface area contributed by atoms with E-state index in [-0.39, 0.29) is 17.9 Å². The molecule has 0 spiro atoms. The second-order valence-electron chi connectivity index (χ2n) is 4.38. The third-order valence-corrected chi connectivity index (χ3v) is 2.91. The van der Waals surface area contributed by atoms with Crippen LogP contribution >= 0.6 is 0 Å². The Morgan fingerprint density at radius 1 is 1.45 bits per heavy atom. The smallest absolute Gasteiger partial charge is 0.308 e. The van der Waals surface area contributed by atoms with Crippen molar-refractivity contribution in [2.75, 3.05) is 13.7 Å². The Balaban J connectivity index is 2.66. The van der Waals surface area contributed by atoms with Crippen LogP contribution in [0.1, 0.15) is 30.1 Å². The van der Waals surface area contributed by atoms with Gasteiger partial charge in [-0.3, -0.25) is 9.59 Å². The van der Waals surface area contributed by atoms with Crippen molar-refractivity contribution in [3.8, 4) is 5.75 Å². The highest BCUT2D eigenvalue weighted by molar-refractivity contribution is 5.94. The number of aliphatic carboxylic acids is 1. The van der Waals surface area contributed by atoms with Crippen LogP contribution in [0, 0.1) is 11.7 Å². The summed E-state index contributed by atoms with van der Waals surface area (Å²) in [6, 6.07) is 3.83. The number of methoxy groups -OCH3 is 1. The molecule has 2 N–H and O–H groups in total. The molecule has 0 aliphatic heterocycles. The Morgan fingerprint density at radius 3 is 2.65 bits per heavy atom. The number of hydrogen-bond acceptors (Lipinski definition) is 3. The molecule has 0 saturated carbocycles. The molecule has 1 aromatic rings. The minimum Gasteiger partial charge on any atom is -0.494 e. The van der Waals surface area contributed by atoms with Crippen molar-refractivity contribution in [1.29, 1.82) is 0 Å². The number of rotatable bonds is 7. The number of carbonyl (C=O) groups is 2. The quantitative estimate of drug-likeness (QED) is 0.803. The highest BCUT2D eigenvalue weighted by atomic mass is 19.1. The van der Waals surface area contributed by atoms with E-state index in [0.29, 0.717) is 12.8 Å². The van der Waals surface area contributed by atoms with E-state index in [4.69, 9.17) is 9.84 Å². The van der Waals surface area contributed by atoms with Gasteiger partial charge in [-0.2, -0.15) is 0 Å². The molecule has 20 heavy (non-hydrogen) atoms. The van der Waals surface area contributed by atoms with Crippen LogP contribution in [0.25, 0.3) is 0 Å². The number of carbonyl (C=O) groups excluding carboxylic acids is 1. The third-order valence-electron chi connectivity index (χ3n) is 2.91. The van der Waals surface area contributed by atoms with Gasteiger partial charge >= 0.3 is 5.97 Å². The standard InChI is InChI=1S/C14H18FNO4/c1-3-4-10(14(18)19)8-16-13(17)9-5-6-12(20-2)11(15)7-9/h5-7,10H,3-4,8H2,1-2H3,(H,16,17)(H,18,19). The minimum atomic E-state index is -0.951. The number of nitrogens with one attached hydrogen (secondary N) is 1. The Morgan fingerprint density at radius 2 is 2.15 bits per heavy atom. The van der Waals surface area contributed by atoms with Crippen LogP contribution < -0.4 is 10.1 Å². The topological polar surface area (TPSA) is 75.6 Å². The first-order valence-corrected chi connectivity index (χ1v) is 6.34. The Labute approximate surface area is 116 Å². The lowest BCUT2D eigenvalue weighted by Crippen LogP contribution is -2.32. The molecule has 5 nitrogen and oxygen atoms in total. The van der Waals surface area contributed by atoms with Gasteiger partial charge in [-0.05, 0) is 24.6 Å². The molecule has 1 unspecified atom stereocenters. The van der Waals surface area contributed by atoms with Crippen molar-refractivity contribution < 1.29 is 23.8 Å². The van der Waals surface area contributed by atoms with Crippen molar-refractivity contribution in [2.45, 2.75) is 19.8 Å². The van der Waals surface area contributed by atoms with E-state index in [9.17, 15) is 14.0 Å². The SMILES string of the molecule is CCCC(CNC(=O)c1ccc(OC)c(F)c1)C(=O)O. The van der Waals surface area contributed by atoms with E-state index < -0.39 is 23.6 Å². The zero-order valence-electron chi connectivity index (χ0n) is 11.5. The lowest BCUT2D eigenvalue weighted by molar-refractivity contribution is -0.141. The first kappa shape index (κ1) is 15.9. The maximum absolute atomic E-state index is 13.5. The summed E-state index contributed by atoms with van der Waals surface area (Å²) in [4.78, 5) is 22.8. The molecule has 6 heteroatoms. The molecule has 0 heterocycles. The maximum Gasteiger partial charge on any atom is 0.308 e. The summed E-state index contributed by atoms with van der Waals surface area (Å²) in [5, 5.41) is 11.5. The van der Waals surface area contributed by atoms with Crippen LogP contribution in [0.5, 0.6) is 5.75 Å². The first-order chi connectivity index (χ1) is 9.49. The maximum atomic E-state index is 13.5. The summed E-state index contributed by atoms with van der Waals surface area (Å²) in [5.41, 5.74) is 0.129. The van der Waals surface area contributed by atoms with Crippen LogP contribution in [-0.2, 0) is 4.79 Å². The molecule has 110 valence electrons. The average Bonchev–Trinajstić information content (AvgIpc) is 2.42. The Bertz CT molecular complexity index is 490. The van der Waals surface area contributed by atoms with E-state index in [2.05, 4.69) is 5.32 Å². The van der Waals surface area contributed by atoms with E-state index in [1.165, 1.54) is 19.2 Å². The second kappa shape index (κ2) is 7.47. The molecular weight excluding hydrogens is 265 g/mol. The van der Waals surface area contributed by atoms with Gasteiger partial charge in [0.2, 0.25) is 0 Å². The summed E-state index contributed by atoms with van der Waals surface area (Å²) in [7, 11) is 1.33. The lowest BCUT2D eigenvalue weighted by atomic mass is 10.0. The van der Waals surface area contributed by atoms with Crippen molar-refractivity contribution >= 4 is 11.9 Å². The molecule has 0 radical (unpaired) electrons. The zero-order chi connectivity index (χ0) is 15.1. The van der Waals surface area contributed by atoms with Crippen LogP contribution in [-0.4, -0.2) is 30.6 Å². The second-order valence-corrected chi connectivity index (χ2v) is 4.38. The largest absolute Gasteiger partial charge is 0.494 e. The van der Waals surface area contributed by atoms with Gasteiger partial charge in [0.05, 0.1) is 13.0 Å². The highest BCUT2D eigenvalue weighted by Gasteiger charge is 2.18. The van der Waals surface area contributed by atoms with Crippen molar-refractivity contribution in [2.24, 2.45) is 5.92 Å². The van der Waals surface area contributed by atoms with Crippen molar-refractivity contribution in [3.63, 3.8) is 0 Å². The van der Waals surface area contributed by atoms with E-state index >= 15 is 0 Å². The first-order valence-electron chi connectivity index (χ1n) is 6.34. The summed E-state index contributed by atoms with van der Waals surface area (Å²) < 4.78 is 18.2. The molecule has 0 aliphatic rings. The Kier molecular flexibility index (Phi) is 5.96. The number of benzene rings is 1. The fourth-order valence-corrected chi connectivity index (χ4v) is 1.79. The molecule has 0 aliphatic carbocycles. The average molecular weight is 283 g/mol. The van der Waals surface area contributed by atoms with Crippen molar-refractivity contribution in [3.05, 3.63) is 29.6 Å². The number of amides is 1. The third kappa shape index (κ3) is 4.22. The van der Waals surface area contributed by atoms with Crippen LogP contribution in [0.15, 0.2) is 18.2 Å². The van der Waals surface area contributed by atoms with Crippen molar-refractivity contribution in [1.82, 2.24) is 5.32 Å². The van der Waals surface area contributed by atoms with Gasteiger partial charge in [-0.25, -0.2) is 4.39 Å². The lowest BCUT2D eigenvalue weighted by Gasteiger charge is -2.12. The number of hydrogen-bond donors (Lipinski definition) is 2.